The van der Waals surface area contributed by atoms with Crippen LogP contribution in [0.25, 0.3) is 55.6 Å². The highest BCUT2D eigenvalue weighted by atomic mass is 19.1. The van der Waals surface area contributed by atoms with Gasteiger partial charge < -0.3 is 18.3 Å². The zero-order chi connectivity index (χ0) is 40.2. The summed E-state index contributed by atoms with van der Waals surface area (Å²) in [4.78, 5) is 42.9. The SMILES string of the molecule is CC(c1nnc2c(F)cc(-c3cn(C)cn3)cn12)n1ccc2ncccc2c1=O.C[C@H](c1nnc2c(F)cc(-c3cn(C)cn3)cn12)n1ccc2ncccc2c1=O. The predicted molar refractivity (Wildman–Crippen MR) is 210 cm³/mol. The molecule has 0 saturated heterocycles. The van der Waals surface area contributed by atoms with Gasteiger partial charge in [-0.2, -0.15) is 0 Å². The molecule has 0 radical (unpaired) electrons. The predicted octanol–water partition coefficient (Wildman–Crippen LogP) is 5.18. The number of nitrogens with zero attached hydrogens (tertiary/aromatic N) is 14. The molecule has 58 heavy (non-hydrogen) atoms. The van der Waals surface area contributed by atoms with E-state index in [9.17, 15) is 18.4 Å². The lowest BCUT2D eigenvalue weighted by Crippen LogP contribution is -2.25. The number of imidazole rings is 2. The average molecular weight is 779 g/mol. The minimum atomic E-state index is -0.505. The lowest BCUT2D eigenvalue weighted by molar-refractivity contribution is 0.575. The molecule has 16 nitrogen and oxygen atoms in total. The van der Waals surface area contributed by atoms with Crippen LogP contribution < -0.4 is 11.1 Å². The van der Waals surface area contributed by atoms with Crippen molar-refractivity contribution < 1.29 is 8.78 Å². The van der Waals surface area contributed by atoms with Gasteiger partial charge in [0.05, 0.1) is 57.9 Å². The third-order valence-corrected chi connectivity index (χ3v) is 9.95. The molecule has 0 aliphatic rings. The summed E-state index contributed by atoms with van der Waals surface area (Å²) in [6, 6.07) is 12.3. The Morgan fingerprint density at radius 3 is 1.40 bits per heavy atom. The minimum absolute atomic E-state index is 0.0991. The van der Waals surface area contributed by atoms with E-state index in [4.69, 9.17) is 0 Å². The maximum atomic E-state index is 14.7. The van der Waals surface area contributed by atoms with E-state index in [2.05, 4.69) is 40.3 Å². The first kappa shape index (κ1) is 35.9. The molecule has 10 aromatic heterocycles. The highest BCUT2D eigenvalue weighted by molar-refractivity contribution is 5.77. The molecular formula is C40H32F2N14O2. The first-order chi connectivity index (χ1) is 28.0. The zero-order valence-electron chi connectivity index (χ0n) is 31.4. The van der Waals surface area contributed by atoms with Gasteiger partial charge in [-0.15, -0.1) is 20.4 Å². The maximum Gasteiger partial charge on any atom is 0.260 e. The van der Waals surface area contributed by atoms with Crippen LogP contribution in [-0.4, -0.2) is 67.4 Å². The quantitative estimate of drug-likeness (QED) is 0.220. The van der Waals surface area contributed by atoms with Crippen LogP contribution in [0.3, 0.4) is 0 Å². The lowest BCUT2D eigenvalue weighted by atomic mass is 10.2. The highest BCUT2D eigenvalue weighted by Crippen LogP contribution is 2.26. The molecule has 0 aliphatic carbocycles. The van der Waals surface area contributed by atoms with Crippen LogP contribution in [-0.2, 0) is 14.1 Å². The summed E-state index contributed by atoms with van der Waals surface area (Å²) in [7, 11) is 3.69. The van der Waals surface area contributed by atoms with Gasteiger partial charge in [-0.3, -0.25) is 28.4 Å². The van der Waals surface area contributed by atoms with Gasteiger partial charge >= 0.3 is 0 Å². The number of hydrogen-bond donors (Lipinski definition) is 0. The lowest BCUT2D eigenvalue weighted by Gasteiger charge is -2.14. The number of fused-ring (bicyclic) bond motifs is 4. The van der Waals surface area contributed by atoms with E-state index in [0.717, 1.165) is 0 Å². The van der Waals surface area contributed by atoms with Crippen LogP contribution in [0.4, 0.5) is 8.78 Å². The Hall–Kier alpha value is -7.76. The third-order valence-electron chi connectivity index (χ3n) is 9.95. The topological polar surface area (TPSA) is 166 Å². The molecular weight excluding hydrogens is 747 g/mol. The zero-order valence-corrected chi connectivity index (χ0v) is 31.4. The number of hydrogen-bond acceptors (Lipinski definition) is 10. The molecule has 18 heteroatoms. The fraction of sp³-hybridized carbons (Fsp3) is 0.150. The number of aromatic nitrogens is 14. The first-order valence-corrected chi connectivity index (χ1v) is 18.0. The van der Waals surface area contributed by atoms with Crippen molar-refractivity contribution in [2.24, 2.45) is 14.1 Å². The van der Waals surface area contributed by atoms with Crippen molar-refractivity contribution in [2.45, 2.75) is 25.9 Å². The summed E-state index contributed by atoms with van der Waals surface area (Å²) in [5.41, 5.74) is 3.51. The van der Waals surface area contributed by atoms with Gasteiger partial charge in [0.1, 0.15) is 0 Å². The highest BCUT2D eigenvalue weighted by Gasteiger charge is 2.22. The van der Waals surface area contributed by atoms with E-state index in [1.54, 1.807) is 126 Å². The van der Waals surface area contributed by atoms with E-state index >= 15 is 0 Å². The van der Waals surface area contributed by atoms with Crippen LogP contribution in [0, 0.1) is 11.6 Å². The van der Waals surface area contributed by atoms with E-state index in [1.807, 2.05) is 27.9 Å². The Balaban J connectivity index is 0.000000150. The summed E-state index contributed by atoms with van der Waals surface area (Å²) in [5.74, 6) is -0.118. The fourth-order valence-corrected chi connectivity index (χ4v) is 6.95. The molecule has 10 rings (SSSR count). The Labute approximate surface area is 326 Å². The average Bonchev–Trinajstić information content (AvgIpc) is 4.05. The van der Waals surface area contributed by atoms with Gasteiger partial charge in [-0.05, 0) is 62.4 Å². The summed E-state index contributed by atoms with van der Waals surface area (Å²) in [5, 5.41) is 17.3. The molecule has 0 N–H and O–H groups in total. The normalized spacial score (nSPS) is 12.7. The summed E-state index contributed by atoms with van der Waals surface area (Å²) in [6.45, 7) is 3.65. The Morgan fingerprint density at radius 1 is 0.569 bits per heavy atom. The Morgan fingerprint density at radius 2 is 1.00 bits per heavy atom. The van der Waals surface area contributed by atoms with Gasteiger partial charge in [-0.25, -0.2) is 18.7 Å². The second-order valence-electron chi connectivity index (χ2n) is 13.8. The molecule has 0 spiro atoms. The van der Waals surface area contributed by atoms with Crippen molar-refractivity contribution in [1.82, 2.24) is 67.4 Å². The molecule has 2 atom stereocenters. The molecule has 10 aromatic rings. The molecule has 0 fully saturated rings. The molecule has 10 heterocycles. The van der Waals surface area contributed by atoms with Crippen LogP contribution in [0.5, 0.6) is 0 Å². The standard InChI is InChI=1S/2C20H16FN7O/c2*1-12(27-7-5-16-14(20(27)29)4-3-6-22-16)18-24-25-19-15(21)8-13(9-28(18)19)17-10-26(2)11-23-17/h2*3-12H,1-2H3/t12-;/m1./s1. The summed E-state index contributed by atoms with van der Waals surface area (Å²) in [6.07, 6.45) is 17.0. The monoisotopic (exact) mass is 778 g/mol. The van der Waals surface area contributed by atoms with Crippen LogP contribution >= 0.6 is 0 Å². The third kappa shape index (κ3) is 6.16. The van der Waals surface area contributed by atoms with Crippen molar-refractivity contribution in [1.29, 1.82) is 0 Å². The number of rotatable bonds is 6. The van der Waals surface area contributed by atoms with Gasteiger partial charge in [0.2, 0.25) is 0 Å². The first-order valence-electron chi connectivity index (χ1n) is 18.0. The Bertz CT molecular complexity index is 3080. The number of halogens is 2. The number of aryl methyl sites for hydroxylation is 2. The van der Waals surface area contributed by atoms with E-state index in [0.29, 0.717) is 56.0 Å². The second kappa shape index (κ2) is 14.1. The molecule has 0 amide bonds. The van der Waals surface area contributed by atoms with E-state index in [-0.39, 0.29) is 22.4 Å². The van der Waals surface area contributed by atoms with Crippen LogP contribution in [0.15, 0.2) is 120 Å². The summed E-state index contributed by atoms with van der Waals surface area (Å²) >= 11 is 0. The van der Waals surface area contributed by atoms with Gasteiger partial charge in [0.15, 0.2) is 34.6 Å². The minimum Gasteiger partial charge on any atom is -0.340 e. The van der Waals surface area contributed by atoms with Crippen molar-refractivity contribution in [3.8, 4) is 22.5 Å². The van der Waals surface area contributed by atoms with Crippen molar-refractivity contribution >= 4 is 33.1 Å². The van der Waals surface area contributed by atoms with Crippen LogP contribution in [0.1, 0.15) is 37.6 Å². The number of pyridine rings is 6. The van der Waals surface area contributed by atoms with E-state index in [1.165, 1.54) is 12.1 Å². The molecule has 288 valence electrons. The molecule has 0 aliphatic heterocycles. The Kier molecular flexibility index (Phi) is 8.71. The summed E-state index contributed by atoms with van der Waals surface area (Å²) < 4.78 is 39.2. The van der Waals surface area contributed by atoms with Gasteiger partial charge in [-0.1, -0.05) is 0 Å². The van der Waals surface area contributed by atoms with E-state index < -0.39 is 23.7 Å². The maximum absolute atomic E-state index is 14.7. The molecule has 0 aromatic carbocycles. The van der Waals surface area contributed by atoms with Crippen molar-refractivity contribution in [2.75, 3.05) is 0 Å². The molecule has 1 unspecified atom stereocenters. The van der Waals surface area contributed by atoms with Crippen LogP contribution in [0.2, 0.25) is 0 Å². The fourth-order valence-electron chi connectivity index (χ4n) is 6.95. The van der Waals surface area contributed by atoms with Crippen molar-refractivity contribution in [3.63, 3.8) is 0 Å². The largest absolute Gasteiger partial charge is 0.340 e. The molecule has 0 bridgehead atoms. The van der Waals surface area contributed by atoms with Gasteiger partial charge in [0.25, 0.3) is 11.1 Å². The van der Waals surface area contributed by atoms with Gasteiger partial charge in [0, 0.05) is 74.8 Å². The molecule has 0 saturated carbocycles. The van der Waals surface area contributed by atoms with Crippen molar-refractivity contribution in [3.05, 3.63) is 155 Å². The smallest absolute Gasteiger partial charge is 0.260 e. The second-order valence-corrected chi connectivity index (χ2v) is 13.8.